The lowest BCUT2D eigenvalue weighted by Gasteiger charge is -2.36. The number of oxime groups is 1. The van der Waals surface area contributed by atoms with Crippen molar-refractivity contribution in [3.8, 4) is 0 Å². The maximum absolute atomic E-state index is 12.5. The molecule has 1 N–H and O–H groups in total. The second-order valence-electron chi connectivity index (χ2n) is 5.60. The highest BCUT2D eigenvalue weighted by atomic mass is 79.9. The lowest BCUT2D eigenvalue weighted by atomic mass is 9.88. The van der Waals surface area contributed by atoms with E-state index in [1.807, 2.05) is 12.1 Å². The van der Waals surface area contributed by atoms with Crippen molar-refractivity contribution in [2.75, 3.05) is 13.1 Å². The van der Waals surface area contributed by atoms with E-state index in [-0.39, 0.29) is 11.8 Å². The second kappa shape index (κ2) is 6.19. The highest BCUT2D eigenvalue weighted by molar-refractivity contribution is 9.10. The molecule has 0 bridgehead atoms. The fourth-order valence-electron chi connectivity index (χ4n) is 2.80. The van der Waals surface area contributed by atoms with Gasteiger partial charge >= 0.3 is 6.16 Å². The van der Waals surface area contributed by atoms with Gasteiger partial charge in [-0.25, -0.2) is 4.79 Å². The molecule has 2 aliphatic rings. The van der Waals surface area contributed by atoms with Crippen LogP contribution in [-0.2, 0) is 9.57 Å². The molecule has 1 fully saturated rings. The number of hydrogen-bond donors (Lipinski definition) is 1. The van der Waals surface area contributed by atoms with E-state index in [4.69, 9.17) is 9.94 Å². The highest BCUT2D eigenvalue weighted by Crippen LogP contribution is 2.35. The van der Waals surface area contributed by atoms with Crippen molar-refractivity contribution in [3.63, 3.8) is 0 Å². The summed E-state index contributed by atoms with van der Waals surface area (Å²) in [5.41, 5.74) is 0.0870. The molecule has 1 spiro atoms. The smallest absolute Gasteiger partial charge is 0.449 e. The predicted octanol–water partition coefficient (Wildman–Crippen LogP) is 2.85. The number of ether oxygens (including phenoxy) is 1. The van der Waals surface area contributed by atoms with Gasteiger partial charge in [0.05, 0.1) is 6.42 Å². The van der Waals surface area contributed by atoms with E-state index in [0.29, 0.717) is 37.9 Å². The van der Waals surface area contributed by atoms with Crippen LogP contribution in [0.15, 0.2) is 33.9 Å². The topological polar surface area (TPSA) is 88.4 Å². The third-order valence-electron chi connectivity index (χ3n) is 4.07. The lowest BCUT2D eigenvalue weighted by Crippen LogP contribution is -2.46. The van der Waals surface area contributed by atoms with Crippen molar-refractivity contribution in [2.24, 2.45) is 5.16 Å². The molecule has 2 aliphatic heterocycles. The monoisotopic (exact) mass is 382 g/mol. The van der Waals surface area contributed by atoms with Crippen molar-refractivity contribution >= 4 is 33.9 Å². The van der Waals surface area contributed by atoms with Crippen LogP contribution in [0, 0.1) is 0 Å². The number of likely N-dealkylation sites (tertiary alicyclic amines) is 1. The van der Waals surface area contributed by atoms with E-state index in [9.17, 15) is 9.59 Å². The first-order valence-corrected chi connectivity index (χ1v) is 7.97. The lowest BCUT2D eigenvalue weighted by molar-refractivity contribution is -0.0568. The van der Waals surface area contributed by atoms with Crippen LogP contribution in [0.3, 0.4) is 0 Å². The summed E-state index contributed by atoms with van der Waals surface area (Å²) in [5, 5.41) is 12.3. The number of carbonyl (C=O) groups excluding carboxylic acids is 1. The van der Waals surface area contributed by atoms with Gasteiger partial charge in [-0.1, -0.05) is 21.1 Å². The number of halogens is 1. The summed E-state index contributed by atoms with van der Waals surface area (Å²) in [7, 11) is 0. The summed E-state index contributed by atoms with van der Waals surface area (Å²) in [4.78, 5) is 30.2. The Morgan fingerprint density at radius 2 is 1.91 bits per heavy atom. The summed E-state index contributed by atoms with van der Waals surface area (Å²) in [6, 6.07) is 7.24. The number of benzene rings is 1. The molecule has 0 saturated carbocycles. The summed E-state index contributed by atoms with van der Waals surface area (Å²) < 4.78 is 5.48. The zero-order valence-corrected chi connectivity index (χ0v) is 13.8. The third-order valence-corrected chi connectivity index (χ3v) is 4.60. The maximum Gasteiger partial charge on any atom is 0.512 e. The normalized spacial score (nSPS) is 19.2. The molecule has 1 amide bonds. The molecule has 0 aliphatic carbocycles. The number of amides is 1. The van der Waals surface area contributed by atoms with Crippen molar-refractivity contribution in [3.05, 3.63) is 34.3 Å². The number of nitrogens with zero attached hydrogens (tertiary/aromatic N) is 2. The van der Waals surface area contributed by atoms with Crippen LogP contribution in [0.1, 0.15) is 29.6 Å². The van der Waals surface area contributed by atoms with E-state index < -0.39 is 11.8 Å². The van der Waals surface area contributed by atoms with Gasteiger partial charge in [-0.2, -0.15) is 0 Å². The van der Waals surface area contributed by atoms with Crippen LogP contribution in [0.4, 0.5) is 4.79 Å². The fourth-order valence-corrected chi connectivity index (χ4v) is 3.07. The third kappa shape index (κ3) is 3.47. The number of carbonyl (C=O) groups is 2. The molecule has 1 saturated heterocycles. The molecule has 1 aromatic rings. The minimum absolute atomic E-state index is 0.0201. The van der Waals surface area contributed by atoms with Crippen LogP contribution < -0.4 is 0 Å². The fraction of sp³-hybridized carbons (Fsp3) is 0.400. The maximum atomic E-state index is 12.5. The average Bonchev–Trinajstić information content (AvgIpc) is 2.90. The molecule has 2 heterocycles. The average molecular weight is 383 g/mol. The number of rotatable bonds is 1. The summed E-state index contributed by atoms with van der Waals surface area (Å²) >= 11 is 3.35. The molecular formula is C15H15BrN2O5. The molecular weight excluding hydrogens is 368 g/mol. The first-order chi connectivity index (χ1) is 11.0. The van der Waals surface area contributed by atoms with E-state index in [2.05, 4.69) is 25.8 Å². The number of carboxylic acid groups (broad SMARTS) is 1. The van der Waals surface area contributed by atoms with Crippen LogP contribution in [0.25, 0.3) is 0 Å². The Balaban J connectivity index is 1.58. The van der Waals surface area contributed by atoms with E-state index in [0.717, 1.165) is 4.47 Å². The SMILES string of the molecule is O=C(O)OC1=NOC2(CCN(C(=O)c3ccc(Br)cc3)CC2)C1. The molecule has 1 aromatic carbocycles. The van der Waals surface area contributed by atoms with Crippen LogP contribution in [0.2, 0.25) is 0 Å². The van der Waals surface area contributed by atoms with Gasteiger partial charge in [0.15, 0.2) is 0 Å². The Kier molecular flexibility index (Phi) is 4.25. The molecule has 0 radical (unpaired) electrons. The van der Waals surface area contributed by atoms with E-state index in [1.165, 1.54) is 0 Å². The molecule has 0 aromatic heterocycles. The molecule has 3 rings (SSSR count). The Hall–Kier alpha value is -2.09. The van der Waals surface area contributed by atoms with Crippen molar-refractivity contribution < 1.29 is 24.3 Å². The van der Waals surface area contributed by atoms with Crippen LogP contribution in [0.5, 0.6) is 0 Å². The second-order valence-corrected chi connectivity index (χ2v) is 6.52. The Labute approximate surface area is 141 Å². The van der Waals surface area contributed by atoms with E-state index in [1.54, 1.807) is 17.0 Å². The van der Waals surface area contributed by atoms with Gasteiger partial charge in [-0.05, 0) is 24.3 Å². The Morgan fingerprint density at radius 1 is 1.26 bits per heavy atom. The summed E-state index contributed by atoms with van der Waals surface area (Å²) in [6.45, 7) is 1.07. The molecule has 122 valence electrons. The predicted molar refractivity (Wildman–Crippen MR) is 84.3 cm³/mol. The minimum Gasteiger partial charge on any atom is -0.449 e. The van der Waals surface area contributed by atoms with Crippen LogP contribution in [-0.4, -0.2) is 46.7 Å². The summed E-state index contributed by atoms with van der Waals surface area (Å²) in [5.74, 6) is 0.0541. The van der Waals surface area contributed by atoms with Crippen LogP contribution >= 0.6 is 15.9 Å². The number of piperidine rings is 1. The zero-order chi connectivity index (χ0) is 16.4. The van der Waals surface area contributed by atoms with Gasteiger partial charge in [0, 0.05) is 36.0 Å². The van der Waals surface area contributed by atoms with Gasteiger partial charge in [0.1, 0.15) is 5.60 Å². The molecule has 8 heteroatoms. The first-order valence-electron chi connectivity index (χ1n) is 7.18. The Morgan fingerprint density at radius 3 is 2.52 bits per heavy atom. The highest BCUT2D eigenvalue weighted by Gasteiger charge is 2.44. The van der Waals surface area contributed by atoms with Gasteiger partial charge in [-0.15, -0.1) is 0 Å². The standard InChI is InChI=1S/C15H15BrN2O5/c16-11-3-1-10(2-4-11)13(19)18-7-5-15(6-8-18)9-12(17-23-15)22-14(20)21/h1-4H,5-9H2,(H,20,21). The zero-order valence-electron chi connectivity index (χ0n) is 12.2. The van der Waals surface area contributed by atoms with Crippen molar-refractivity contribution in [1.29, 1.82) is 0 Å². The van der Waals surface area contributed by atoms with Gasteiger partial charge < -0.3 is 19.6 Å². The first kappa shape index (κ1) is 15.8. The van der Waals surface area contributed by atoms with Crippen molar-refractivity contribution in [1.82, 2.24) is 4.90 Å². The van der Waals surface area contributed by atoms with Crippen molar-refractivity contribution in [2.45, 2.75) is 24.9 Å². The van der Waals surface area contributed by atoms with Gasteiger partial charge in [0.2, 0.25) is 5.90 Å². The molecule has 7 nitrogen and oxygen atoms in total. The molecule has 0 unspecified atom stereocenters. The number of hydrogen-bond acceptors (Lipinski definition) is 5. The minimum atomic E-state index is -1.40. The largest absolute Gasteiger partial charge is 0.512 e. The van der Waals surface area contributed by atoms with Gasteiger partial charge in [-0.3, -0.25) is 4.79 Å². The summed E-state index contributed by atoms with van der Waals surface area (Å²) in [6.07, 6.45) is 0.100. The molecule has 0 atom stereocenters. The van der Waals surface area contributed by atoms with Gasteiger partial charge in [0.25, 0.3) is 5.91 Å². The van der Waals surface area contributed by atoms with E-state index >= 15 is 0 Å². The molecule has 23 heavy (non-hydrogen) atoms. The quantitative estimate of drug-likeness (QED) is 0.754. The Bertz CT molecular complexity index is 650.